The van der Waals surface area contributed by atoms with Crippen LogP contribution in [0.25, 0.3) is 0 Å². The molecule has 1 heterocycles. The summed E-state index contributed by atoms with van der Waals surface area (Å²) in [6, 6.07) is 1.98. The van der Waals surface area contributed by atoms with Gasteiger partial charge in [-0.05, 0) is 24.7 Å². The molecule has 1 N–H and O–H groups in total. The van der Waals surface area contributed by atoms with E-state index in [1.165, 1.54) is 0 Å². The van der Waals surface area contributed by atoms with E-state index in [0.717, 1.165) is 23.9 Å². The summed E-state index contributed by atoms with van der Waals surface area (Å²) < 4.78 is 5.09. The van der Waals surface area contributed by atoms with Gasteiger partial charge in [0, 0.05) is 25.4 Å². The molecule has 19 heavy (non-hydrogen) atoms. The van der Waals surface area contributed by atoms with Gasteiger partial charge >= 0.3 is 0 Å². The number of hydrogen-bond donors (Lipinski definition) is 1. The monoisotopic (exact) mass is 265 g/mol. The van der Waals surface area contributed by atoms with Crippen molar-refractivity contribution in [3.05, 3.63) is 17.6 Å². The van der Waals surface area contributed by atoms with Gasteiger partial charge in [0.1, 0.15) is 12.4 Å². The van der Waals surface area contributed by atoms with Crippen LogP contribution in [0.1, 0.15) is 39.2 Å². The van der Waals surface area contributed by atoms with E-state index in [9.17, 15) is 0 Å². The van der Waals surface area contributed by atoms with E-state index in [1.54, 1.807) is 7.11 Å². The lowest BCUT2D eigenvalue weighted by Gasteiger charge is -2.25. The summed E-state index contributed by atoms with van der Waals surface area (Å²) in [4.78, 5) is 8.81. The molecule has 0 fully saturated rings. The molecule has 1 aromatic rings. The minimum atomic E-state index is 0.453. The van der Waals surface area contributed by atoms with Crippen molar-refractivity contribution < 1.29 is 4.74 Å². The second kappa shape index (κ2) is 7.43. The zero-order valence-corrected chi connectivity index (χ0v) is 13.0. The van der Waals surface area contributed by atoms with Crippen molar-refractivity contribution in [3.63, 3.8) is 0 Å². The van der Waals surface area contributed by atoms with Crippen LogP contribution in [0, 0.1) is 24.7 Å². The Morgan fingerprint density at radius 2 is 1.79 bits per heavy atom. The van der Waals surface area contributed by atoms with E-state index >= 15 is 0 Å². The van der Waals surface area contributed by atoms with Gasteiger partial charge in [-0.15, -0.1) is 0 Å². The van der Waals surface area contributed by atoms with Gasteiger partial charge in [-0.2, -0.15) is 0 Å². The van der Waals surface area contributed by atoms with Gasteiger partial charge in [-0.25, -0.2) is 9.97 Å². The Labute approximate surface area is 117 Å². The molecule has 0 aliphatic heterocycles. The highest BCUT2D eigenvalue weighted by Gasteiger charge is 2.17. The highest BCUT2D eigenvalue weighted by molar-refractivity contribution is 5.35. The predicted octanol–water partition coefficient (Wildman–Crippen LogP) is 3.27. The van der Waals surface area contributed by atoms with Gasteiger partial charge in [-0.3, -0.25) is 0 Å². The number of rotatable bonds is 7. The summed E-state index contributed by atoms with van der Waals surface area (Å²) in [6.45, 7) is 12.5. The number of aryl methyl sites for hydroxylation is 1. The van der Waals surface area contributed by atoms with E-state index in [-0.39, 0.29) is 0 Å². The highest BCUT2D eigenvalue weighted by Crippen LogP contribution is 2.21. The fourth-order valence-corrected chi connectivity index (χ4v) is 2.38. The molecule has 0 bridgehead atoms. The van der Waals surface area contributed by atoms with Gasteiger partial charge in [0.25, 0.3) is 0 Å². The second-order valence-electron chi connectivity index (χ2n) is 5.78. The molecular formula is C15H27N3O. The number of ether oxygens (including phenoxy) is 1. The molecule has 4 heteroatoms. The quantitative estimate of drug-likeness (QED) is 0.822. The average Bonchev–Trinajstić information content (AvgIpc) is 2.27. The van der Waals surface area contributed by atoms with Crippen molar-refractivity contribution in [2.45, 2.75) is 41.2 Å². The number of anilines is 1. The van der Waals surface area contributed by atoms with Crippen molar-refractivity contribution in [2.24, 2.45) is 17.8 Å². The van der Waals surface area contributed by atoms with Crippen molar-refractivity contribution in [2.75, 3.05) is 19.0 Å². The molecule has 0 aromatic carbocycles. The number of nitrogens with one attached hydrogen (secondary N) is 1. The maximum absolute atomic E-state index is 5.09. The summed E-state index contributed by atoms with van der Waals surface area (Å²) in [5.41, 5.74) is 0.968. The molecule has 1 aromatic heterocycles. The van der Waals surface area contributed by atoms with Gasteiger partial charge < -0.3 is 10.1 Å². The molecule has 1 rings (SSSR count). The predicted molar refractivity (Wildman–Crippen MR) is 79.1 cm³/mol. The number of hydrogen-bond acceptors (Lipinski definition) is 4. The zero-order valence-electron chi connectivity index (χ0n) is 13.0. The molecule has 0 aliphatic carbocycles. The van der Waals surface area contributed by atoms with E-state index in [1.807, 2.05) is 13.0 Å². The summed E-state index contributed by atoms with van der Waals surface area (Å²) in [5.74, 6) is 3.59. The first-order valence-electron chi connectivity index (χ1n) is 7.01. The van der Waals surface area contributed by atoms with Gasteiger partial charge in [0.15, 0.2) is 5.82 Å². The standard InChI is InChI=1S/C15H27N3O/c1-10(2)13(11(3)4)8-16-14-7-12(5)17-15(18-14)9-19-6/h7,10-11,13H,8-9H2,1-6H3,(H,16,17,18). The van der Waals surface area contributed by atoms with Crippen molar-refractivity contribution >= 4 is 5.82 Å². The number of aromatic nitrogens is 2. The molecule has 0 amide bonds. The first-order chi connectivity index (χ1) is 8.93. The highest BCUT2D eigenvalue weighted by atomic mass is 16.5. The topological polar surface area (TPSA) is 47.0 Å². The average molecular weight is 265 g/mol. The zero-order chi connectivity index (χ0) is 14.4. The maximum Gasteiger partial charge on any atom is 0.156 e. The summed E-state index contributed by atoms with van der Waals surface area (Å²) >= 11 is 0. The molecule has 0 atom stereocenters. The Morgan fingerprint density at radius 1 is 1.16 bits per heavy atom. The third-order valence-corrected chi connectivity index (χ3v) is 3.41. The lowest BCUT2D eigenvalue weighted by atomic mass is 9.85. The molecule has 0 aliphatic rings. The van der Waals surface area contributed by atoms with Crippen molar-refractivity contribution in [3.8, 4) is 0 Å². The van der Waals surface area contributed by atoms with E-state index in [0.29, 0.717) is 24.4 Å². The van der Waals surface area contributed by atoms with E-state index < -0.39 is 0 Å². The van der Waals surface area contributed by atoms with Crippen LogP contribution in [0.15, 0.2) is 6.07 Å². The van der Waals surface area contributed by atoms with Crippen LogP contribution in [0.4, 0.5) is 5.82 Å². The molecule has 0 radical (unpaired) electrons. The van der Waals surface area contributed by atoms with Crippen LogP contribution in [0.2, 0.25) is 0 Å². The fraction of sp³-hybridized carbons (Fsp3) is 0.733. The van der Waals surface area contributed by atoms with E-state index in [4.69, 9.17) is 4.74 Å². The van der Waals surface area contributed by atoms with Crippen LogP contribution in [0.5, 0.6) is 0 Å². The van der Waals surface area contributed by atoms with Crippen LogP contribution in [-0.2, 0) is 11.3 Å². The SMILES string of the molecule is COCc1nc(C)cc(NCC(C(C)C)C(C)C)n1. The van der Waals surface area contributed by atoms with Gasteiger partial charge in [0.05, 0.1) is 0 Å². The van der Waals surface area contributed by atoms with Crippen LogP contribution >= 0.6 is 0 Å². The maximum atomic E-state index is 5.09. The number of nitrogens with zero attached hydrogens (tertiary/aromatic N) is 2. The smallest absolute Gasteiger partial charge is 0.156 e. The summed E-state index contributed by atoms with van der Waals surface area (Å²) in [5, 5.41) is 3.44. The fourth-order valence-electron chi connectivity index (χ4n) is 2.38. The van der Waals surface area contributed by atoms with Gasteiger partial charge in [0.2, 0.25) is 0 Å². The Hall–Kier alpha value is -1.16. The minimum Gasteiger partial charge on any atom is -0.377 e. The molecular weight excluding hydrogens is 238 g/mol. The Kier molecular flexibility index (Phi) is 6.22. The lowest BCUT2D eigenvalue weighted by molar-refractivity contribution is 0.177. The molecule has 0 unspecified atom stereocenters. The first kappa shape index (κ1) is 15.9. The molecule has 0 spiro atoms. The third-order valence-electron chi connectivity index (χ3n) is 3.41. The van der Waals surface area contributed by atoms with Crippen LogP contribution < -0.4 is 5.32 Å². The normalized spacial score (nSPS) is 11.6. The minimum absolute atomic E-state index is 0.453. The Morgan fingerprint density at radius 3 is 2.32 bits per heavy atom. The Bertz CT molecular complexity index is 383. The van der Waals surface area contributed by atoms with Gasteiger partial charge in [-0.1, -0.05) is 27.7 Å². The van der Waals surface area contributed by atoms with Crippen LogP contribution in [-0.4, -0.2) is 23.6 Å². The second-order valence-corrected chi connectivity index (χ2v) is 5.78. The summed E-state index contributed by atoms with van der Waals surface area (Å²) in [6.07, 6.45) is 0. The largest absolute Gasteiger partial charge is 0.377 e. The lowest BCUT2D eigenvalue weighted by Crippen LogP contribution is -2.25. The molecule has 0 saturated heterocycles. The van der Waals surface area contributed by atoms with Crippen molar-refractivity contribution in [1.29, 1.82) is 0 Å². The summed E-state index contributed by atoms with van der Waals surface area (Å²) in [7, 11) is 1.66. The molecule has 4 nitrogen and oxygen atoms in total. The third kappa shape index (κ3) is 5.15. The molecule has 108 valence electrons. The van der Waals surface area contributed by atoms with Crippen molar-refractivity contribution in [1.82, 2.24) is 9.97 Å². The molecule has 0 saturated carbocycles. The first-order valence-corrected chi connectivity index (χ1v) is 7.01. The number of methoxy groups -OCH3 is 1. The van der Waals surface area contributed by atoms with E-state index in [2.05, 4.69) is 43.0 Å². The Balaban J connectivity index is 2.71. The van der Waals surface area contributed by atoms with Crippen LogP contribution in [0.3, 0.4) is 0 Å².